The summed E-state index contributed by atoms with van der Waals surface area (Å²) in [6.07, 6.45) is 4.91. The van der Waals surface area contributed by atoms with Gasteiger partial charge in [-0.3, -0.25) is 4.79 Å². The number of methoxy groups -OCH3 is 2. The topological polar surface area (TPSA) is 69.7 Å². The van der Waals surface area contributed by atoms with Gasteiger partial charge in [-0.1, -0.05) is 17.7 Å². The molecule has 6 heteroatoms. The van der Waals surface area contributed by atoms with E-state index in [4.69, 9.17) is 14.2 Å². The molecule has 1 aromatic heterocycles. The number of aryl methyl sites for hydroxylation is 1. The summed E-state index contributed by atoms with van der Waals surface area (Å²) in [6, 6.07) is 9.45. The zero-order chi connectivity index (χ0) is 18.8. The van der Waals surface area contributed by atoms with Crippen LogP contribution in [0.15, 0.2) is 42.6 Å². The van der Waals surface area contributed by atoms with Gasteiger partial charge in [0.1, 0.15) is 12.4 Å². The van der Waals surface area contributed by atoms with Crippen LogP contribution in [-0.2, 0) is 16.1 Å². The second kappa shape index (κ2) is 10.2. The molecule has 0 aliphatic heterocycles. The first kappa shape index (κ1) is 19.5. The zero-order valence-electron chi connectivity index (χ0n) is 15.3. The number of benzene rings is 1. The Balaban J connectivity index is 1.86. The SMILES string of the molecule is COCCOc1ccc(CNC(=O)/C=C/c2cc(C)ccc2OC)cn1. The predicted octanol–water partition coefficient (Wildman–Crippen LogP) is 2.75. The molecule has 0 fully saturated rings. The molecule has 0 spiro atoms. The predicted molar refractivity (Wildman–Crippen MR) is 100 cm³/mol. The first-order chi connectivity index (χ1) is 12.6. The minimum Gasteiger partial charge on any atom is -0.496 e. The zero-order valence-corrected chi connectivity index (χ0v) is 15.3. The van der Waals surface area contributed by atoms with Crippen LogP contribution < -0.4 is 14.8 Å². The van der Waals surface area contributed by atoms with Gasteiger partial charge in [0.15, 0.2) is 0 Å². The van der Waals surface area contributed by atoms with Crippen molar-refractivity contribution in [2.45, 2.75) is 13.5 Å². The molecule has 0 aliphatic rings. The highest BCUT2D eigenvalue weighted by atomic mass is 16.5. The molecular formula is C20H24N2O4. The van der Waals surface area contributed by atoms with E-state index in [1.807, 2.05) is 31.2 Å². The molecule has 0 bridgehead atoms. The van der Waals surface area contributed by atoms with Gasteiger partial charge in [0.05, 0.1) is 13.7 Å². The lowest BCUT2D eigenvalue weighted by Gasteiger charge is -2.07. The van der Waals surface area contributed by atoms with Gasteiger partial charge in [-0.2, -0.15) is 0 Å². The Bertz CT molecular complexity index is 742. The van der Waals surface area contributed by atoms with Crippen molar-refractivity contribution < 1.29 is 19.0 Å². The number of amides is 1. The summed E-state index contributed by atoms with van der Waals surface area (Å²) in [6.45, 7) is 3.34. The number of hydrogen-bond donors (Lipinski definition) is 1. The average Bonchev–Trinajstić information content (AvgIpc) is 2.66. The third-order valence-corrected chi connectivity index (χ3v) is 3.60. The van der Waals surface area contributed by atoms with Crippen molar-refractivity contribution in [1.29, 1.82) is 0 Å². The van der Waals surface area contributed by atoms with Gasteiger partial charge in [-0.25, -0.2) is 4.98 Å². The summed E-state index contributed by atoms with van der Waals surface area (Å²) >= 11 is 0. The average molecular weight is 356 g/mol. The highest BCUT2D eigenvalue weighted by Crippen LogP contribution is 2.20. The maximum absolute atomic E-state index is 12.0. The standard InChI is InChI=1S/C20H24N2O4/c1-15-4-7-18(25-3)17(12-15)6-8-19(23)21-13-16-5-9-20(22-14-16)26-11-10-24-2/h4-9,12,14H,10-11,13H2,1-3H3,(H,21,23)/b8-6+. The lowest BCUT2D eigenvalue weighted by molar-refractivity contribution is -0.116. The molecule has 0 aliphatic carbocycles. The number of carbonyl (C=O) groups excluding carboxylic acids is 1. The van der Waals surface area contributed by atoms with Gasteiger partial charge in [-0.15, -0.1) is 0 Å². The fraction of sp³-hybridized carbons (Fsp3) is 0.300. The van der Waals surface area contributed by atoms with E-state index in [0.717, 1.165) is 22.4 Å². The van der Waals surface area contributed by atoms with Crippen LogP contribution in [-0.4, -0.2) is 38.3 Å². The molecule has 1 aromatic carbocycles. The van der Waals surface area contributed by atoms with Gasteiger partial charge in [-0.05, 0) is 30.7 Å². The van der Waals surface area contributed by atoms with Crippen LogP contribution in [0.2, 0.25) is 0 Å². The Morgan fingerprint density at radius 1 is 1.19 bits per heavy atom. The molecular weight excluding hydrogens is 332 g/mol. The van der Waals surface area contributed by atoms with E-state index in [1.54, 1.807) is 32.6 Å². The van der Waals surface area contributed by atoms with Gasteiger partial charge >= 0.3 is 0 Å². The smallest absolute Gasteiger partial charge is 0.244 e. The first-order valence-corrected chi connectivity index (χ1v) is 8.29. The number of rotatable bonds is 9. The van der Waals surface area contributed by atoms with E-state index in [2.05, 4.69) is 10.3 Å². The van der Waals surface area contributed by atoms with E-state index in [1.165, 1.54) is 6.08 Å². The van der Waals surface area contributed by atoms with Crippen LogP contribution >= 0.6 is 0 Å². The van der Waals surface area contributed by atoms with Crippen LogP contribution in [0.4, 0.5) is 0 Å². The molecule has 1 heterocycles. The number of hydrogen-bond acceptors (Lipinski definition) is 5. The van der Waals surface area contributed by atoms with E-state index < -0.39 is 0 Å². The van der Waals surface area contributed by atoms with Gasteiger partial charge in [0.2, 0.25) is 11.8 Å². The minimum atomic E-state index is -0.186. The molecule has 0 saturated heterocycles. The summed E-state index contributed by atoms with van der Waals surface area (Å²) in [5.41, 5.74) is 2.85. The Morgan fingerprint density at radius 3 is 2.73 bits per heavy atom. The number of nitrogens with one attached hydrogen (secondary N) is 1. The fourth-order valence-electron chi connectivity index (χ4n) is 2.23. The molecule has 26 heavy (non-hydrogen) atoms. The molecule has 0 radical (unpaired) electrons. The summed E-state index contributed by atoms with van der Waals surface area (Å²) in [4.78, 5) is 16.2. The summed E-state index contributed by atoms with van der Waals surface area (Å²) in [5, 5.41) is 2.83. The van der Waals surface area contributed by atoms with Crippen molar-refractivity contribution in [1.82, 2.24) is 10.3 Å². The quantitative estimate of drug-likeness (QED) is 0.553. The third kappa shape index (κ3) is 6.22. The normalized spacial score (nSPS) is 10.7. The van der Waals surface area contributed by atoms with Crippen molar-refractivity contribution in [2.75, 3.05) is 27.4 Å². The maximum atomic E-state index is 12.0. The summed E-state index contributed by atoms with van der Waals surface area (Å²) in [7, 11) is 3.23. The maximum Gasteiger partial charge on any atom is 0.244 e. The van der Waals surface area contributed by atoms with Gasteiger partial charge in [0.25, 0.3) is 0 Å². The molecule has 0 atom stereocenters. The van der Waals surface area contributed by atoms with Crippen molar-refractivity contribution in [2.24, 2.45) is 0 Å². The highest BCUT2D eigenvalue weighted by Gasteiger charge is 2.02. The Hall–Kier alpha value is -2.86. The molecule has 2 rings (SSSR count). The van der Waals surface area contributed by atoms with E-state index in [0.29, 0.717) is 25.6 Å². The summed E-state index contributed by atoms with van der Waals surface area (Å²) in [5.74, 6) is 1.07. The van der Waals surface area contributed by atoms with Crippen LogP contribution in [0.5, 0.6) is 11.6 Å². The minimum absolute atomic E-state index is 0.186. The molecule has 1 N–H and O–H groups in total. The molecule has 0 saturated carbocycles. The number of aromatic nitrogens is 1. The van der Waals surface area contributed by atoms with E-state index in [9.17, 15) is 4.79 Å². The van der Waals surface area contributed by atoms with Crippen LogP contribution in [0.3, 0.4) is 0 Å². The van der Waals surface area contributed by atoms with Crippen molar-refractivity contribution >= 4 is 12.0 Å². The van der Waals surface area contributed by atoms with Crippen LogP contribution in [0, 0.1) is 6.92 Å². The molecule has 1 amide bonds. The van der Waals surface area contributed by atoms with Crippen molar-refractivity contribution in [3.8, 4) is 11.6 Å². The second-order valence-corrected chi connectivity index (χ2v) is 5.64. The Morgan fingerprint density at radius 2 is 2.04 bits per heavy atom. The highest BCUT2D eigenvalue weighted by molar-refractivity contribution is 5.92. The molecule has 0 unspecified atom stereocenters. The Labute approximate surface area is 153 Å². The molecule has 138 valence electrons. The number of ether oxygens (including phenoxy) is 3. The lowest BCUT2D eigenvalue weighted by atomic mass is 10.1. The van der Waals surface area contributed by atoms with Crippen molar-refractivity contribution in [3.05, 3.63) is 59.3 Å². The number of pyridine rings is 1. The largest absolute Gasteiger partial charge is 0.496 e. The Kier molecular flexibility index (Phi) is 7.64. The van der Waals surface area contributed by atoms with Gasteiger partial charge in [0, 0.05) is 37.6 Å². The fourth-order valence-corrected chi connectivity index (χ4v) is 2.23. The molecule has 6 nitrogen and oxygen atoms in total. The number of nitrogens with zero attached hydrogens (tertiary/aromatic N) is 1. The first-order valence-electron chi connectivity index (χ1n) is 8.29. The monoisotopic (exact) mass is 356 g/mol. The van der Waals surface area contributed by atoms with Gasteiger partial charge < -0.3 is 19.5 Å². The second-order valence-electron chi connectivity index (χ2n) is 5.64. The van der Waals surface area contributed by atoms with Crippen LogP contribution in [0.25, 0.3) is 6.08 Å². The summed E-state index contributed by atoms with van der Waals surface area (Å²) < 4.78 is 15.6. The van der Waals surface area contributed by atoms with Crippen molar-refractivity contribution in [3.63, 3.8) is 0 Å². The van der Waals surface area contributed by atoms with Crippen LogP contribution in [0.1, 0.15) is 16.7 Å². The third-order valence-electron chi connectivity index (χ3n) is 3.60. The number of carbonyl (C=O) groups is 1. The van der Waals surface area contributed by atoms with E-state index >= 15 is 0 Å². The lowest BCUT2D eigenvalue weighted by Crippen LogP contribution is -2.20. The molecule has 2 aromatic rings. The van der Waals surface area contributed by atoms with E-state index in [-0.39, 0.29) is 5.91 Å².